The van der Waals surface area contributed by atoms with Crippen molar-refractivity contribution in [2.75, 3.05) is 24.3 Å². The molecule has 0 spiro atoms. The quantitative estimate of drug-likeness (QED) is 0.851. The summed E-state index contributed by atoms with van der Waals surface area (Å²) < 4.78 is 5.40. The summed E-state index contributed by atoms with van der Waals surface area (Å²) in [4.78, 5) is 10.8. The topological polar surface area (TPSA) is 73.1 Å². The van der Waals surface area contributed by atoms with Gasteiger partial charge in [0.25, 0.3) is 0 Å². The zero-order valence-corrected chi connectivity index (χ0v) is 12.4. The normalized spacial score (nSPS) is 12.8. The molecular weight excluding hydrogens is 260 g/mol. The first kappa shape index (κ1) is 14.0. The lowest BCUT2D eigenvalue weighted by Crippen LogP contribution is -2.22. The summed E-state index contributed by atoms with van der Waals surface area (Å²) in [7, 11) is 0. The number of aromatic nitrogens is 2. The molecule has 1 unspecified atom stereocenters. The van der Waals surface area contributed by atoms with Crippen molar-refractivity contribution in [3.63, 3.8) is 0 Å². The van der Waals surface area contributed by atoms with E-state index < -0.39 is 0 Å². The van der Waals surface area contributed by atoms with Crippen LogP contribution in [0.3, 0.4) is 0 Å². The Morgan fingerprint density at radius 3 is 2.89 bits per heavy atom. The van der Waals surface area contributed by atoms with Gasteiger partial charge in [-0.25, -0.2) is 4.98 Å². The van der Waals surface area contributed by atoms with Gasteiger partial charge in [-0.1, -0.05) is 6.92 Å². The summed E-state index contributed by atoms with van der Waals surface area (Å²) in [6.45, 7) is 7.54. The van der Waals surface area contributed by atoms with E-state index in [1.807, 2.05) is 6.92 Å². The molecule has 0 saturated heterocycles. The third-order valence-corrected chi connectivity index (χ3v) is 3.94. The summed E-state index contributed by atoms with van der Waals surface area (Å²) in [5, 5.41) is 4.39. The number of ether oxygens (including phenoxy) is 1. The Morgan fingerprint density at radius 2 is 2.21 bits per heavy atom. The van der Waals surface area contributed by atoms with Crippen molar-refractivity contribution in [2.24, 2.45) is 0 Å². The SMILES string of the molecule is CCOCC(C)Nc1nc(N)nc2sc(CC)cc12. The molecule has 0 bridgehead atoms. The van der Waals surface area contributed by atoms with E-state index in [2.05, 4.69) is 35.2 Å². The molecule has 3 N–H and O–H groups in total. The molecule has 1 atom stereocenters. The van der Waals surface area contributed by atoms with Gasteiger partial charge in [0.1, 0.15) is 10.6 Å². The lowest BCUT2D eigenvalue weighted by molar-refractivity contribution is 0.141. The lowest BCUT2D eigenvalue weighted by atomic mass is 10.3. The van der Waals surface area contributed by atoms with Crippen LogP contribution < -0.4 is 11.1 Å². The summed E-state index contributed by atoms with van der Waals surface area (Å²) in [6.07, 6.45) is 0.995. The van der Waals surface area contributed by atoms with Crippen molar-refractivity contribution in [1.29, 1.82) is 0 Å². The fourth-order valence-corrected chi connectivity index (χ4v) is 2.82. The molecule has 0 aliphatic carbocycles. The highest BCUT2D eigenvalue weighted by atomic mass is 32.1. The van der Waals surface area contributed by atoms with Crippen LogP contribution in [0.5, 0.6) is 0 Å². The average Bonchev–Trinajstić information content (AvgIpc) is 2.79. The molecule has 0 fully saturated rings. The molecule has 6 heteroatoms. The Morgan fingerprint density at radius 1 is 1.42 bits per heavy atom. The van der Waals surface area contributed by atoms with E-state index in [9.17, 15) is 0 Å². The Hall–Kier alpha value is -1.40. The predicted octanol–water partition coefficient (Wildman–Crippen LogP) is 2.67. The number of aryl methyl sites for hydroxylation is 1. The third kappa shape index (κ3) is 3.33. The lowest BCUT2D eigenvalue weighted by Gasteiger charge is -2.15. The largest absolute Gasteiger partial charge is 0.380 e. The number of nitrogen functional groups attached to an aromatic ring is 1. The standard InChI is InChI=1S/C13H20N4OS/c1-4-9-6-10-11(15-8(3)7-18-5-2)16-13(14)17-12(10)19-9/h6,8H,4-5,7H2,1-3H3,(H3,14,15,16,17). The number of rotatable bonds is 6. The molecule has 5 nitrogen and oxygen atoms in total. The van der Waals surface area contributed by atoms with Gasteiger partial charge in [0.05, 0.1) is 12.0 Å². The second-order valence-electron chi connectivity index (χ2n) is 4.42. The van der Waals surface area contributed by atoms with Crippen LogP contribution in [0.25, 0.3) is 10.2 Å². The van der Waals surface area contributed by atoms with Crippen LogP contribution in [0.1, 0.15) is 25.6 Å². The first-order valence-corrected chi connectivity index (χ1v) is 7.35. The van der Waals surface area contributed by atoms with Gasteiger partial charge in [-0.3, -0.25) is 0 Å². The van der Waals surface area contributed by atoms with Crippen LogP contribution >= 0.6 is 11.3 Å². The van der Waals surface area contributed by atoms with Crippen LogP contribution in [-0.2, 0) is 11.2 Å². The van der Waals surface area contributed by atoms with Crippen molar-refractivity contribution < 1.29 is 4.74 Å². The van der Waals surface area contributed by atoms with Crippen molar-refractivity contribution in [1.82, 2.24) is 9.97 Å². The van der Waals surface area contributed by atoms with E-state index in [-0.39, 0.29) is 6.04 Å². The average molecular weight is 280 g/mol. The van der Waals surface area contributed by atoms with Crippen LogP contribution in [0, 0.1) is 0 Å². The minimum Gasteiger partial charge on any atom is -0.380 e. The number of thiophene rings is 1. The molecule has 104 valence electrons. The molecule has 2 rings (SSSR count). The molecule has 19 heavy (non-hydrogen) atoms. The van der Waals surface area contributed by atoms with Crippen LogP contribution in [0.15, 0.2) is 6.07 Å². The molecule has 2 aromatic heterocycles. The zero-order valence-electron chi connectivity index (χ0n) is 11.6. The second-order valence-corrected chi connectivity index (χ2v) is 5.54. The maximum atomic E-state index is 5.76. The number of nitrogens with two attached hydrogens (primary N) is 1. The molecule has 0 radical (unpaired) electrons. The van der Waals surface area contributed by atoms with Crippen molar-refractivity contribution in [2.45, 2.75) is 33.2 Å². The van der Waals surface area contributed by atoms with E-state index in [4.69, 9.17) is 10.5 Å². The van der Waals surface area contributed by atoms with Gasteiger partial charge in [-0.05, 0) is 26.3 Å². The van der Waals surface area contributed by atoms with Gasteiger partial charge in [-0.15, -0.1) is 11.3 Å². The van der Waals surface area contributed by atoms with Crippen molar-refractivity contribution in [3.05, 3.63) is 10.9 Å². The molecule has 2 heterocycles. The van der Waals surface area contributed by atoms with E-state index in [0.717, 1.165) is 22.5 Å². The molecule has 0 aliphatic heterocycles. The molecule has 0 amide bonds. The number of hydrogen-bond donors (Lipinski definition) is 2. The molecule has 0 saturated carbocycles. The second kappa shape index (κ2) is 6.16. The van der Waals surface area contributed by atoms with E-state index in [0.29, 0.717) is 19.2 Å². The number of nitrogens with zero attached hydrogens (tertiary/aromatic N) is 2. The van der Waals surface area contributed by atoms with E-state index in [1.165, 1.54) is 4.88 Å². The van der Waals surface area contributed by atoms with E-state index >= 15 is 0 Å². The maximum Gasteiger partial charge on any atom is 0.223 e. The predicted molar refractivity (Wildman–Crippen MR) is 80.8 cm³/mol. The van der Waals surface area contributed by atoms with Gasteiger partial charge in [-0.2, -0.15) is 4.98 Å². The summed E-state index contributed by atoms with van der Waals surface area (Å²) in [6, 6.07) is 2.32. The highest BCUT2D eigenvalue weighted by molar-refractivity contribution is 7.18. The van der Waals surface area contributed by atoms with Gasteiger partial charge >= 0.3 is 0 Å². The van der Waals surface area contributed by atoms with Crippen molar-refractivity contribution >= 4 is 33.3 Å². The van der Waals surface area contributed by atoms with Gasteiger partial charge in [0, 0.05) is 17.5 Å². The van der Waals surface area contributed by atoms with Gasteiger partial charge in [0.2, 0.25) is 5.95 Å². The Balaban J connectivity index is 2.28. The third-order valence-electron chi connectivity index (χ3n) is 2.76. The maximum absolute atomic E-state index is 5.76. The highest BCUT2D eigenvalue weighted by Gasteiger charge is 2.12. The summed E-state index contributed by atoms with van der Waals surface area (Å²) >= 11 is 1.67. The number of anilines is 2. The molecule has 0 aliphatic rings. The zero-order chi connectivity index (χ0) is 13.8. The minimum absolute atomic E-state index is 0.183. The monoisotopic (exact) mass is 280 g/mol. The molecule has 2 aromatic rings. The molecule has 0 aromatic carbocycles. The number of fused-ring (bicyclic) bond motifs is 1. The van der Waals surface area contributed by atoms with Gasteiger partial charge in [0.15, 0.2) is 0 Å². The number of hydrogen-bond acceptors (Lipinski definition) is 6. The minimum atomic E-state index is 0.183. The van der Waals surface area contributed by atoms with Crippen molar-refractivity contribution in [3.8, 4) is 0 Å². The Bertz CT molecular complexity index is 555. The first-order valence-electron chi connectivity index (χ1n) is 6.54. The summed E-state index contributed by atoms with van der Waals surface area (Å²) in [5.74, 6) is 1.11. The Labute approximate surface area is 117 Å². The molecular formula is C13H20N4OS. The fraction of sp³-hybridized carbons (Fsp3) is 0.538. The van der Waals surface area contributed by atoms with Crippen LogP contribution in [-0.4, -0.2) is 29.2 Å². The highest BCUT2D eigenvalue weighted by Crippen LogP contribution is 2.30. The van der Waals surface area contributed by atoms with Crippen LogP contribution in [0.4, 0.5) is 11.8 Å². The van der Waals surface area contributed by atoms with Crippen LogP contribution in [0.2, 0.25) is 0 Å². The summed E-state index contributed by atoms with van der Waals surface area (Å²) in [5.41, 5.74) is 5.76. The first-order chi connectivity index (χ1) is 9.13. The Kier molecular flexibility index (Phi) is 4.55. The van der Waals surface area contributed by atoms with E-state index in [1.54, 1.807) is 11.3 Å². The fourth-order valence-electron chi connectivity index (χ4n) is 1.84. The smallest absolute Gasteiger partial charge is 0.223 e. The van der Waals surface area contributed by atoms with Gasteiger partial charge < -0.3 is 15.8 Å². The number of nitrogens with one attached hydrogen (secondary N) is 1.